The molecule has 0 spiro atoms. The first kappa shape index (κ1) is 35.2. The van der Waals surface area contributed by atoms with Crippen molar-refractivity contribution >= 4 is 17.1 Å². The molecule has 1 aliphatic carbocycles. The number of nitrogens with zero attached hydrogens (tertiary/aromatic N) is 1. The zero-order valence-electron chi connectivity index (χ0n) is 32.8. The van der Waals surface area contributed by atoms with E-state index in [4.69, 9.17) is 0 Å². The molecule has 1 heteroatoms. The zero-order chi connectivity index (χ0) is 39.1. The quantitative estimate of drug-likeness (QED) is 0.150. The van der Waals surface area contributed by atoms with Crippen LogP contribution in [0.5, 0.6) is 0 Å². The maximum atomic E-state index is 2.48. The number of para-hydroxylation sites is 1. The first-order valence-corrected chi connectivity index (χ1v) is 20.2. The summed E-state index contributed by atoms with van der Waals surface area (Å²) in [6.45, 7) is 4.77. The lowest BCUT2D eigenvalue weighted by Gasteiger charge is -2.30. The van der Waals surface area contributed by atoms with E-state index in [2.05, 4.69) is 243 Å². The van der Waals surface area contributed by atoms with Gasteiger partial charge in [-0.25, -0.2) is 0 Å². The number of rotatable bonds is 8. The fourth-order valence-corrected chi connectivity index (χ4v) is 9.07. The predicted octanol–water partition coefficient (Wildman–Crippen LogP) is 15.8. The highest BCUT2D eigenvalue weighted by Gasteiger charge is 2.38. The van der Waals surface area contributed by atoms with Crippen molar-refractivity contribution < 1.29 is 0 Å². The van der Waals surface area contributed by atoms with Crippen LogP contribution in [0.25, 0.3) is 66.8 Å². The van der Waals surface area contributed by atoms with Gasteiger partial charge in [-0.2, -0.15) is 0 Å². The Kier molecular flexibility index (Phi) is 8.92. The molecule has 9 aromatic rings. The molecule has 0 saturated carbocycles. The van der Waals surface area contributed by atoms with E-state index < -0.39 is 0 Å². The molecule has 1 nitrogen and oxygen atoms in total. The molecule has 58 heavy (non-hydrogen) atoms. The van der Waals surface area contributed by atoms with Crippen LogP contribution in [0, 0.1) is 0 Å². The van der Waals surface area contributed by atoms with Gasteiger partial charge in [-0.3, -0.25) is 0 Å². The van der Waals surface area contributed by atoms with E-state index in [9.17, 15) is 0 Å². The summed E-state index contributed by atoms with van der Waals surface area (Å²) >= 11 is 0. The van der Waals surface area contributed by atoms with E-state index in [0.29, 0.717) is 0 Å². The van der Waals surface area contributed by atoms with E-state index in [1.807, 2.05) is 0 Å². The molecule has 10 rings (SSSR count). The SMILES string of the molecule is CC1(C)c2cc(N(c3ccccc3)c3ccc(-c4c(-c5ccccc5)cccc4-c4ccccc4)cc3)c(-c3ccccc3)cc2-c2c(-c3ccccc3)cccc21. The summed E-state index contributed by atoms with van der Waals surface area (Å²) in [5.74, 6) is 0. The van der Waals surface area contributed by atoms with Crippen LogP contribution in [-0.4, -0.2) is 0 Å². The number of hydrogen-bond acceptors (Lipinski definition) is 1. The summed E-state index contributed by atoms with van der Waals surface area (Å²) < 4.78 is 0. The Morgan fingerprint density at radius 1 is 0.293 bits per heavy atom. The van der Waals surface area contributed by atoms with E-state index >= 15 is 0 Å². The van der Waals surface area contributed by atoms with Gasteiger partial charge >= 0.3 is 0 Å². The number of fused-ring (bicyclic) bond motifs is 3. The molecule has 276 valence electrons. The maximum Gasteiger partial charge on any atom is 0.0543 e. The topological polar surface area (TPSA) is 3.24 Å². The third kappa shape index (κ3) is 6.13. The molecule has 0 amide bonds. The molecule has 0 N–H and O–H groups in total. The standard InChI is InChI=1S/C57H43N/c1-57(2)52-33-19-32-49(42-24-12-5-13-25-42)56(52)51-38-50(43-26-14-6-15-27-43)54(39-53(51)57)58(45-28-16-7-17-29-45)46-36-34-44(35-37-46)55-47(40-20-8-3-9-21-40)30-18-31-48(55)41-22-10-4-11-23-41/h3-39H,1-2H3. The lowest BCUT2D eigenvalue weighted by molar-refractivity contribution is 0.660. The van der Waals surface area contributed by atoms with Crippen LogP contribution in [0.2, 0.25) is 0 Å². The highest BCUT2D eigenvalue weighted by Crippen LogP contribution is 2.56. The minimum atomic E-state index is -0.208. The van der Waals surface area contributed by atoms with Crippen LogP contribution in [0.15, 0.2) is 224 Å². The van der Waals surface area contributed by atoms with E-state index in [0.717, 1.165) is 17.1 Å². The molecule has 0 atom stereocenters. The lowest BCUT2D eigenvalue weighted by Crippen LogP contribution is -2.17. The molecule has 0 radical (unpaired) electrons. The van der Waals surface area contributed by atoms with Gasteiger partial charge in [0.05, 0.1) is 5.69 Å². The van der Waals surface area contributed by atoms with Crippen molar-refractivity contribution in [3.05, 3.63) is 236 Å². The Balaban J connectivity index is 1.18. The number of anilines is 3. The smallest absolute Gasteiger partial charge is 0.0543 e. The second kappa shape index (κ2) is 14.7. The number of benzene rings is 9. The molecule has 0 bridgehead atoms. The summed E-state index contributed by atoms with van der Waals surface area (Å²) in [5, 5.41) is 0. The summed E-state index contributed by atoms with van der Waals surface area (Å²) in [4.78, 5) is 2.45. The van der Waals surface area contributed by atoms with Gasteiger partial charge in [0.25, 0.3) is 0 Å². The third-order valence-corrected chi connectivity index (χ3v) is 11.9. The molecule has 1 aliphatic rings. The van der Waals surface area contributed by atoms with Crippen LogP contribution < -0.4 is 4.90 Å². The Morgan fingerprint density at radius 2 is 0.707 bits per heavy atom. The van der Waals surface area contributed by atoms with Crippen LogP contribution in [-0.2, 0) is 5.41 Å². The average molecular weight is 742 g/mol. The molecular weight excluding hydrogens is 699 g/mol. The fourth-order valence-electron chi connectivity index (χ4n) is 9.07. The molecule has 0 fully saturated rings. The summed E-state index contributed by atoms with van der Waals surface area (Å²) in [6.07, 6.45) is 0. The first-order valence-electron chi connectivity index (χ1n) is 20.2. The Bertz CT molecular complexity index is 2800. The average Bonchev–Trinajstić information content (AvgIpc) is 3.52. The van der Waals surface area contributed by atoms with Gasteiger partial charge in [0.2, 0.25) is 0 Å². The van der Waals surface area contributed by atoms with Gasteiger partial charge in [0.15, 0.2) is 0 Å². The van der Waals surface area contributed by atoms with Crippen molar-refractivity contribution in [1.29, 1.82) is 0 Å². The Labute approximate surface area is 342 Å². The monoisotopic (exact) mass is 741 g/mol. The predicted molar refractivity (Wildman–Crippen MR) is 246 cm³/mol. The van der Waals surface area contributed by atoms with Crippen molar-refractivity contribution in [2.75, 3.05) is 4.90 Å². The molecule has 9 aromatic carbocycles. The second-order valence-electron chi connectivity index (χ2n) is 15.7. The summed E-state index contributed by atoms with van der Waals surface area (Å²) in [5.41, 5.74) is 20.6. The number of hydrogen-bond donors (Lipinski definition) is 0. The van der Waals surface area contributed by atoms with E-state index in [1.165, 1.54) is 77.9 Å². The van der Waals surface area contributed by atoms with Gasteiger partial charge in [0.1, 0.15) is 0 Å². The van der Waals surface area contributed by atoms with Gasteiger partial charge in [-0.05, 0) is 109 Å². The lowest BCUT2D eigenvalue weighted by atomic mass is 9.81. The minimum absolute atomic E-state index is 0.208. The zero-order valence-corrected chi connectivity index (χ0v) is 32.8. The molecule has 0 aromatic heterocycles. The minimum Gasteiger partial charge on any atom is -0.310 e. The maximum absolute atomic E-state index is 2.48. The van der Waals surface area contributed by atoms with Crippen molar-refractivity contribution in [2.45, 2.75) is 19.3 Å². The van der Waals surface area contributed by atoms with Crippen molar-refractivity contribution in [1.82, 2.24) is 0 Å². The van der Waals surface area contributed by atoms with Gasteiger partial charge in [-0.1, -0.05) is 202 Å². The molecule has 0 aliphatic heterocycles. The van der Waals surface area contributed by atoms with E-state index in [1.54, 1.807) is 0 Å². The first-order chi connectivity index (χ1) is 28.6. The van der Waals surface area contributed by atoms with Crippen molar-refractivity contribution in [2.24, 2.45) is 0 Å². The van der Waals surface area contributed by atoms with Crippen LogP contribution in [0.3, 0.4) is 0 Å². The summed E-state index contributed by atoms with van der Waals surface area (Å²) in [7, 11) is 0. The molecule has 0 unspecified atom stereocenters. The highest BCUT2D eigenvalue weighted by atomic mass is 15.1. The molecule has 0 heterocycles. The molecule has 0 saturated heterocycles. The van der Waals surface area contributed by atoms with Crippen molar-refractivity contribution in [3.63, 3.8) is 0 Å². The van der Waals surface area contributed by atoms with Crippen LogP contribution >= 0.6 is 0 Å². The third-order valence-electron chi connectivity index (χ3n) is 11.9. The Hall–Kier alpha value is -7.22. The fraction of sp³-hybridized carbons (Fsp3) is 0.0526. The Morgan fingerprint density at radius 3 is 1.21 bits per heavy atom. The highest BCUT2D eigenvalue weighted by molar-refractivity contribution is 5.99. The normalized spacial score (nSPS) is 12.4. The van der Waals surface area contributed by atoms with Gasteiger partial charge in [-0.15, -0.1) is 0 Å². The van der Waals surface area contributed by atoms with Gasteiger partial charge < -0.3 is 4.90 Å². The second-order valence-corrected chi connectivity index (χ2v) is 15.7. The van der Waals surface area contributed by atoms with Crippen LogP contribution in [0.4, 0.5) is 17.1 Å². The van der Waals surface area contributed by atoms with E-state index in [-0.39, 0.29) is 5.41 Å². The van der Waals surface area contributed by atoms with Crippen LogP contribution in [0.1, 0.15) is 25.0 Å². The van der Waals surface area contributed by atoms with Crippen molar-refractivity contribution in [3.8, 4) is 66.8 Å². The largest absolute Gasteiger partial charge is 0.310 e. The van der Waals surface area contributed by atoms with Gasteiger partial charge in [0, 0.05) is 22.4 Å². The summed E-state index contributed by atoms with van der Waals surface area (Å²) in [6, 6.07) is 81.7. The molecular formula is C57H43N.